The second-order valence-electron chi connectivity index (χ2n) is 2.12. The zero-order valence-electron chi connectivity index (χ0n) is 6.72. The van der Waals surface area contributed by atoms with Crippen LogP contribution in [-0.2, 0) is 0 Å². The van der Waals surface area contributed by atoms with E-state index in [0.717, 1.165) is 12.3 Å². The third-order valence-corrected chi connectivity index (χ3v) is 1.36. The van der Waals surface area contributed by atoms with E-state index in [2.05, 4.69) is 4.98 Å². The minimum absolute atomic E-state index is 0.0525. The number of nitrogens with zero attached hydrogens (tertiary/aromatic N) is 3. The Morgan fingerprint density at radius 3 is 2.92 bits per heavy atom. The second-order valence-corrected chi connectivity index (χ2v) is 2.12. The highest BCUT2D eigenvalue weighted by Gasteiger charge is 2.11. The lowest BCUT2D eigenvalue weighted by Gasteiger charge is -1.98. The summed E-state index contributed by atoms with van der Waals surface area (Å²) in [7, 11) is 1.34. The molecule has 0 fully saturated rings. The van der Waals surface area contributed by atoms with Crippen molar-refractivity contribution in [3.05, 3.63) is 27.9 Å². The molecule has 1 aromatic rings. The van der Waals surface area contributed by atoms with Crippen LogP contribution in [0.5, 0.6) is 5.88 Å². The average molecular weight is 179 g/mol. The molecule has 0 aromatic carbocycles. The Morgan fingerprint density at radius 2 is 2.46 bits per heavy atom. The predicted octanol–water partition coefficient (Wildman–Crippen LogP) is 0.870. The van der Waals surface area contributed by atoms with E-state index in [0.29, 0.717) is 0 Å². The number of aromatic nitrogens is 1. The summed E-state index contributed by atoms with van der Waals surface area (Å²) in [6, 6.07) is 2.87. The van der Waals surface area contributed by atoms with Crippen molar-refractivity contribution in [3.63, 3.8) is 0 Å². The fourth-order valence-corrected chi connectivity index (χ4v) is 0.784. The van der Waals surface area contributed by atoms with Gasteiger partial charge in [-0.1, -0.05) is 0 Å². The van der Waals surface area contributed by atoms with E-state index < -0.39 is 4.92 Å². The average Bonchev–Trinajstić information content (AvgIpc) is 2.16. The van der Waals surface area contributed by atoms with Crippen molar-refractivity contribution in [1.82, 2.24) is 4.98 Å². The molecular formula is C7H5N3O3. The summed E-state index contributed by atoms with van der Waals surface area (Å²) in [6.07, 6.45) is 1.04. The first-order valence-electron chi connectivity index (χ1n) is 3.27. The summed E-state index contributed by atoms with van der Waals surface area (Å²) in [5, 5.41) is 18.8. The molecule has 0 amide bonds. The molecule has 0 saturated carbocycles. The fraction of sp³-hybridized carbons (Fsp3) is 0.143. The molecule has 0 saturated heterocycles. The number of hydrogen-bond acceptors (Lipinski definition) is 5. The van der Waals surface area contributed by atoms with Gasteiger partial charge in [0.15, 0.2) is 0 Å². The monoisotopic (exact) mass is 179 g/mol. The van der Waals surface area contributed by atoms with Crippen molar-refractivity contribution < 1.29 is 9.66 Å². The summed E-state index contributed by atoms with van der Waals surface area (Å²) in [4.78, 5) is 13.3. The molecule has 0 radical (unpaired) electrons. The van der Waals surface area contributed by atoms with Crippen LogP contribution in [0.4, 0.5) is 5.69 Å². The first-order valence-corrected chi connectivity index (χ1v) is 3.27. The molecule has 1 aromatic heterocycles. The first-order chi connectivity index (χ1) is 6.19. The number of ether oxygens (including phenoxy) is 1. The first kappa shape index (κ1) is 8.93. The van der Waals surface area contributed by atoms with Crippen molar-refractivity contribution in [3.8, 4) is 11.9 Å². The lowest BCUT2D eigenvalue weighted by atomic mass is 10.3. The van der Waals surface area contributed by atoms with Crippen LogP contribution in [0.15, 0.2) is 12.3 Å². The molecule has 1 rings (SSSR count). The molecule has 13 heavy (non-hydrogen) atoms. The molecule has 0 spiro atoms. The van der Waals surface area contributed by atoms with Gasteiger partial charge in [0.1, 0.15) is 17.8 Å². The maximum absolute atomic E-state index is 10.3. The smallest absolute Gasteiger partial charge is 0.289 e. The number of rotatable bonds is 2. The Hall–Kier alpha value is -2.16. The molecular weight excluding hydrogens is 174 g/mol. The summed E-state index contributed by atoms with van der Waals surface area (Å²) in [5.74, 6) is 0.0908. The molecule has 66 valence electrons. The minimum atomic E-state index is -0.618. The van der Waals surface area contributed by atoms with E-state index in [1.165, 1.54) is 7.11 Å². The zero-order chi connectivity index (χ0) is 9.84. The maximum Gasteiger partial charge on any atom is 0.289 e. The Labute approximate surface area is 73.5 Å². The van der Waals surface area contributed by atoms with Gasteiger partial charge in [-0.15, -0.1) is 0 Å². The highest BCUT2D eigenvalue weighted by atomic mass is 16.6. The van der Waals surface area contributed by atoms with Gasteiger partial charge in [0, 0.05) is 6.07 Å². The molecule has 0 aliphatic carbocycles. The second kappa shape index (κ2) is 3.49. The number of nitro groups is 1. The Kier molecular flexibility index (Phi) is 2.40. The standard InChI is InChI=1S/C7H5N3O3/c1-13-7-5(3-8)2-6(4-9-7)10(11)12/h2,4H,1H3. The third-order valence-electron chi connectivity index (χ3n) is 1.36. The van der Waals surface area contributed by atoms with Crippen LogP contribution in [0.1, 0.15) is 5.56 Å². The normalized spacial score (nSPS) is 8.92. The number of pyridine rings is 1. The van der Waals surface area contributed by atoms with Crippen molar-refractivity contribution >= 4 is 5.69 Å². The summed E-state index contributed by atoms with van der Waals surface area (Å²) < 4.78 is 4.71. The zero-order valence-corrected chi connectivity index (χ0v) is 6.72. The van der Waals surface area contributed by atoms with Crippen molar-refractivity contribution in [2.45, 2.75) is 0 Å². The lowest BCUT2D eigenvalue weighted by molar-refractivity contribution is -0.385. The number of hydrogen-bond donors (Lipinski definition) is 0. The fourth-order valence-electron chi connectivity index (χ4n) is 0.784. The molecule has 6 nitrogen and oxygen atoms in total. The van der Waals surface area contributed by atoms with Crippen LogP contribution in [0.25, 0.3) is 0 Å². The van der Waals surface area contributed by atoms with Gasteiger partial charge in [-0.3, -0.25) is 10.1 Å². The van der Waals surface area contributed by atoms with E-state index in [1.54, 1.807) is 6.07 Å². The lowest BCUT2D eigenvalue weighted by Crippen LogP contribution is -1.95. The Morgan fingerprint density at radius 1 is 1.77 bits per heavy atom. The molecule has 0 aliphatic rings. The molecule has 0 aliphatic heterocycles. The highest BCUT2D eigenvalue weighted by molar-refractivity contribution is 5.44. The molecule has 0 atom stereocenters. The van der Waals surface area contributed by atoms with Crippen molar-refractivity contribution in [1.29, 1.82) is 5.26 Å². The summed E-state index contributed by atoms with van der Waals surface area (Å²) in [6.45, 7) is 0. The Balaban J connectivity index is 3.23. The third kappa shape index (κ3) is 1.70. The van der Waals surface area contributed by atoms with Gasteiger partial charge in [-0.05, 0) is 0 Å². The van der Waals surface area contributed by atoms with E-state index >= 15 is 0 Å². The van der Waals surface area contributed by atoms with Crippen LogP contribution in [0.3, 0.4) is 0 Å². The van der Waals surface area contributed by atoms with Gasteiger partial charge in [-0.2, -0.15) is 5.26 Å². The molecule has 6 heteroatoms. The van der Waals surface area contributed by atoms with Crippen LogP contribution in [-0.4, -0.2) is 17.0 Å². The van der Waals surface area contributed by atoms with Gasteiger partial charge in [0.25, 0.3) is 5.69 Å². The summed E-state index contributed by atoms with van der Waals surface area (Å²) in [5.41, 5.74) is -0.172. The SMILES string of the molecule is COc1ncc([N+](=O)[O-])cc1C#N. The van der Waals surface area contributed by atoms with E-state index in [1.807, 2.05) is 0 Å². The van der Waals surface area contributed by atoms with E-state index in [4.69, 9.17) is 10.00 Å². The quantitative estimate of drug-likeness (QED) is 0.496. The molecule has 0 bridgehead atoms. The van der Waals surface area contributed by atoms with Crippen molar-refractivity contribution in [2.24, 2.45) is 0 Å². The van der Waals surface area contributed by atoms with Gasteiger partial charge in [0.05, 0.1) is 12.0 Å². The van der Waals surface area contributed by atoms with Gasteiger partial charge in [0.2, 0.25) is 5.88 Å². The van der Waals surface area contributed by atoms with Crippen LogP contribution in [0, 0.1) is 21.4 Å². The van der Waals surface area contributed by atoms with Gasteiger partial charge in [-0.25, -0.2) is 4.98 Å². The molecule has 0 unspecified atom stereocenters. The predicted molar refractivity (Wildman–Crippen MR) is 42.2 cm³/mol. The maximum atomic E-state index is 10.3. The Bertz CT molecular complexity index is 383. The topological polar surface area (TPSA) is 89.1 Å². The van der Waals surface area contributed by atoms with E-state index in [-0.39, 0.29) is 17.1 Å². The number of methoxy groups -OCH3 is 1. The van der Waals surface area contributed by atoms with Crippen molar-refractivity contribution in [2.75, 3.05) is 7.11 Å². The molecule has 1 heterocycles. The molecule has 0 N–H and O–H groups in total. The van der Waals surface area contributed by atoms with Crippen LogP contribution < -0.4 is 4.74 Å². The van der Waals surface area contributed by atoms with E-state index in [9.17, 15) is 10.1 Å². The van der Waals surface area contributed by atoms with Gasteiger partial charge >= 0.3 is 0 Å². The van der Waals surface area contributed by atoms with Crippen LogP contribution >= 0.6 is 0 Å². The number of nitriles is 1. The van der Waals surface area contributed by atoms with Crippen LogP contribution in [0.2, 0.25) is 0 Å². The highest BCUT2D eigenvalue weighted by Crippen LogP contribution is 2.19. The summed E-state index contributed by atoms with van der Waals surface area (Å²) >= 11 is 0. The largest absolute Gasteiger partial charge is 0.480 e. The minimum Gasteiger partial charge on any atom is -0.480 e. The van der Waals surface area contributed by atoms with Gasteiger partial charge < -0.3 is 4.74 Å².